The SMILES string of the molecule is CCN(Cc1cccc2c1oc1ccccc12)C1CCCc2cccnc21. The van der Waals surface area contributed by atoms with Crippen LogP contribution < -0.4 is 0 Å². The summed E-state index contributed by atoms with van der Waals surface area (Å²) in [6.07, 6.45) is 5.49. The maximum absolute atomic E-state index is 6.24. The Hall–Kier alpha value is -2.65. The third kappa shape index (κ3) is 2.83. The summed E-state index contributed by atoms with van der Waals surface area (Å²) in [6.45, 7) is 4.13. The molecule has 0 aliphatic heterocycles. The summed E-state index contributed by atoms with van der Waals surface area (Å²) in [4.78, 5) is 7.29. The van der Waals surface area contributed by atoms with Crippen molar-refractivity contribution in [2.24, 2.45) is 0 Å². The van der Waals surface area contributed by atoms with E-state index in [4.69, 9.17) is 9.40 Å². The molecule has 136 valence electrons. The summed E-state index contributed by atoms with van der Waals surface area (Å²) in [5.74, 6) is 0. The number of aromatic nitrogens is 1. The van der Waals surface area contributed by atoms with Crippen molar-refractivity contribution in [3.63, 3.8) is 0 Å². The van der Waals surface area contributed by atoms with Gasteiger partial charge < -0.3 is 4.42 Å². The highest BCUT2D eigenvalue weighted by Crippen LogP contribution is 2.36. The molecule has 0 spiro atoms. The van der Waals surface area contributed by atoms with Crippen LogP contribution in [0.15, 0.2) is 65.2 Å². The summed E-state index contributed by atoms with van der Waals surface area (Å²) in [7, 11) is 0. The second-order valence-corrected chi connectivity index (χ2v) is 7.41. The molecule has 0 saturated carbocycles. The highest BCUT2D eigenvalue weighted by Gasteiger charge is 2.27. The molecule has 0 N–H and O–H groups in total. The Bertz CT molecular complexity index is 1100. The van der Waals surface area contributed by atoms with Gasteiger partial charge in [-0.05, 0) is 43.5 Å². The molecule has 1 aliphatic carbocycles. The number of nitrogens with zero attached hydrogens (tertiary/aromatic N) is 2. The van der Waals surface area contributed by atoms with E-state index in [1.807, 2.05) is 12.3 Å². The summed E-state index contributed by atoms with van der Waals surface area (Å²) < 4.78 is 6.24. The van der Waals surface area contributed by atoms with Crippen molar-refractivity contribution in [2.75, 3.05) is 6.54 Å². The number of aryl methyl sites for hydroxylation is 1. The number of pyridine rings is 1. The maximum Gasteiger partial charge on any atom is 0.139 e. The fourth-order valence-electron chi connectivity index (χ4n) is 4.53. The lowest BCUT2D eigenvalue weighted by Gasteiger charge is -2.34. The van der Waals surface area contributed by atoms with Gasteiger partial charge in [0.15, 0.2) is 0 Å². The first kappa shape index (κ1) is 16.5. The van der Waals surface area contributed by atoms with Crippen LogP contribution in [-0.2, 0) is 13.0 Å². The van der Waals surface area contributed by atoms with Gasteiger partial charge in [-0.25, -0.2) is 0 Å². The number of furan rings is 1. The first-order valence-electron chi connectivity index (χ1n) is 9.92. The van der Waals surface area contributed by atoms with E-state index in [9.17, 15) is 0 Å². The second-order valence-electron chi connectivity index (χ2n) is 7.41. The van der Waals surface area contributed by atoms with E-state index >= 15 is 0 Å². The van der Waals surface area contributed by atoms with Gasteiger partial charge in [-0.3, -0.25) is 9.88 Å². The second kappa shape index (κ2) is 6.82. The highest BCUT2D eigenvalue weighted by atomic mass is 16.3. The normalized spacial score (nSPS) is 16.9. The average molecular weight is 356 g/mol. The van der Waals surface area contributed by atoms with Gasteiger partial charge in [0.25, 0.3) is 0 Å². The Balaban J connectivity index is 1.54. The molecule has 27 heavy (non-hydrogen) atoms. The van der Waals surface area contributed by atoms with E-state index in [1.165, 1.54) is 40.4 Å². The Morgan fingerprint density at radius 3 is 2.85 bits per heavy atom. The molecule has 0 bridgehead atoms. The predicted molar refractivity (Wildman–Crippen MR) is 110 cm³/mol. The number of fused-ring (bicyclic) bond motifs is 4. The van der Waals surface area contributed by atoms with Crippen molar-refractivity contribution in [2.45, 2.75) is 38.8 Å². The first-order valence-corrected chi connectivity index (χ1v) is 9.92. The third-order valence-corrected chi connectivity index (χ3v) is 5.87. The van der Waals surface area contributed by atoms with Crippen molar-refractivity contribution in [1.82, 2.24) is 9.88 Å². The Labute approximate surface area is 159 Å². The van der Waals surface area contributed by atoms with E-state index in [0.717, 1.165) is 30.7 Å². The van der Waals surface area contributed by atoms with Crippen LogP contribution >= 0.6 is 0 Å². The molecule has 3 nitrogen and oxygen atoms in total. The number of para-hydroxylation sites is 2. The largest absolute Gasteiger partial charge is 0.456 e. The van der Waals surface area contributed by atoms with Gasteiger partial charge in [0.1, 0.15) is 11.2 Å². The Kier molecular flexibility index (Phi) is 4.17. The first-order chi connectivity index (χ1) is 13.3. The van der Waals surface area contributed by atoms with Crippen molar-refractivity contribution in [1.29, 1.82) is 0 Å². The van der Waals surface area contributed by atoms with E-state index in [1.54, 1.807) is 0 Å². The van der Waals surface area contributed by atoms with E-state index in [0.29, 0.717) is 6.04 Å². The molecule has 1 unspecified atom stereocenters. The van der Waals surface area contributed by atoms with E-state index in [-0.39, 0.29) is 0 Å². The van der Waals surface area contributed by atoms with Crippen LogP contribution in [0.2, 0.25) is 0 Å². The van der Waals surface area contributed by atoms with Crippen LogP contribution in [0, 0.1) is 0 Å². The Morgan fingerprint density at radius 1 is 1.04 bits per heavy atom. The molecular weight excluding hydrogens is 332 g/mol. The van der Waals surface area contributed by atoms with Gasteiger partial charge in [0.05, 0.1) is 11.7 Å². The zero-order valence-electron chi connectivity index (χ0n) is 15.7. The molecule has 1 aliphatic rings. The molecule has 2 aromatic carbocycles. The van der Waals surface area contributed by atoms with Crippen LogP contribution in [0.5, 0.6) is 0 Å². The Morgan fingerprint density at radius 2 is 1.93 bits per heavy atom. The van der Waals surface area contributed by atoms with Crippen LogP contribution in [0.4, 0.5) is 0 Å². The molecule has 4 aromatic rings. The highest BCUT2D eigenvalue weighted by molar-refractivity contribution is 6.05. The molecule has 1 atom stereocenters. The van der Waals surface area contributed by atoms with Gasteiger partial charge in [-0.15, -0.1) is 0 Å². The van der Waals surface area contributed by atoms with Crippen LogP contribution in [-0.4, -0.2) is 16.4 Å². The molecule has 2 heterocycles. The van der Waals surface area contributed by atoms with Crippen LogP contribution in [0.25, 0.3) is 21.9 Å². The minimum absolute atomic E-state index is 0.389. The van der Waals surface area contributed by atoms with Crippen LogP contribution in [0.3, 0.4) is 0 Å². The minimum Gasteiger partial charge on any atom is -0.456 e. The molecule has 5 rings (SSSR count). The smallest absolute Gasteiger partial charge is 0.139 e. The summed E-state index contributed by atoms with van der Waals surface area (Å²) >= 11 is 0. The monoisotopic (exact) mass is 356 g/mol. The van der Waals surface area contributed by atoms with Crippen molar-refractivity contribution < 1.29 is 4.42 Å². The molecule has 0 saturated heterocycles. The summed E-state index contributed by atoms with van der Waals surface area (Å²) in [5.41, 5.74) is 5.92. The number of benzene rings is 2. The quantitative estimate of drug-likeness (QED) is 0.457. The molecule has 0 fully saturated rings. The molecule has 3 heteroatoms. The number of hydrogen-bond acceptors (Lipinski definition) is 3. The summed E-state index contributed by atoms with van der Waals surface area (Å²) in [5, 5.41) is 2.41. The maximum atomic E-state index is 6.24. The van der Waals surface area contributed by atoms with Gasteiger partial charge in [0.2, 0.25) is 0 Å². The minimum atomic E-state index is 0.389. The topological polar surface area (TPSA) is 29.3 Å². The molecular formula is C24H24N2O. The van der Waals surface area contributed by atoms with E-state index in [2.05, 4.69) is 60.4 Å². The van der Waals surface area contributed by atoms with Gasteiger partial charge in [-0.1, -0.05) is 49.4 Å². The van der Waals surface area contributed by atoms with Crippen molar-refractivity contribution >= 4 is 21.9 Å². The summed E-state index contributed by atoms with van der Waals surface area (Å²) in [6, 6.07) is 19.5. The average Bonchev–Trinajstić information content (AvgIpc) is 3.11. The molecule has 0 radical (unpaired) electrons. The fourth-order valence-corrected chi connectivity index (χ4v) is 4.53. The lowest BCUT2D eigenvalue weighted by atomic mass is 9.90. The lowest BCUT2D eigenvalue weighted by Crippen LogP contribution is -2.31. The molecule has 2 aromatic heterocycles. The molecule has 0 amide bonds. The van der Waals surface area contributed by atoms with Gasteiger partial charge in [-0.2, -0.15) is 0 Å². The standard InChI is InChI=1S/C24H24N2O/c1-2-26(21-13-6-8-17-10-7-15-25-23(17)21)16-18-9-5-12-20-19-11-3-4-14-22(19)27-24(18)20/h3-5,7,9-12,14-15,21H,2,6,8,13,16H2,1H3. The van der Waals surface area contributed by atoms with Crippen LogP contribution in [0.1, 0.15) is 42.6 Å². The van der Waals surface area contributed by atoms with Crippen molar-refractivity contribution in [3.05, 3.63) is 77.6 Å². The zero-order valence-corrected chi connectivity index (χ0v) is 15.7. The predicted octanol–water partition coefficient (Wildman–Crippen LogP) is 5.88. The van der Waals surface area contributed by atoms with E-state index < -0.39 is 0 Å². The van der Waals surface area contributed by atoms with Crippen molar-refractivity contribution in [3.8, 4) is 0 Å². The number of hydrogen-bond donors (Lipinski definition) is 0. The fraction of sp³-hybridized carbons (Fsp3) is 0.292. The van der Waals surface area contributed by atoms with Gasteiger partial charge >= 0.3 is 0 Å². The number of rotatable bonds is 4. The zero-order chi connectivity index (χ0) is 18.2. The third-order valence-electron chi connectivity index (χ3n) is 5.87. The lowest BCUT2D eigenvalue weighted by molar-refractivity contribution is 0.175. The van der Waals surface area contributed by atoms with Gasteiger partial charge in [0, 0.05) is 29.1 Å².